The third-order valence-corrected chi connectivity index (χ3v) is 6.62. The molecule has 10 heteroatoms. The molecule has 2 rings (SSSR count). The van der Waals surface area contributed by atoms with Crippen molar-refractivity contribution in [2.75, 3.05) is 6.54 Å². The smallest absolute Gasteiger partial charge is 0.329 e. The molecule has 0 bridgehead atoms. The van der Waals surface area contributed by atoms with Crippen LogP contribution in [-0.4, -0.2) is 52.9 Å². The van der Waals surface area contributed by atoms with E-state index in [1.807, 2.05) is 44.2 Å². The number of carbonyl (C=O) groups excluding carboxylic acids is 4. The zero-order valence-corrected chi connectivity index (χ0v) is 25.0. The van der Waals surface area contributed by atoms with Gasteiger partial charge in [0.15, 0.2) is 0 Å². The van der Waals surface area contributed by atoms with Gasteiger partial charge in [0.05, 0.1) is 6.61 Å². The molecule has 1 saturated heterocycles. The maximum atomic E-state index is 13.8. The van der Waals surface area contributed by atoms with E-state index in [4.69, 9.17) is 9.57 Å². The first kappa shape index (κ1) is 33.2. The van der Waals surface area contributed by atoms with Crippen molar-refractivity contribution in [2.45, 2.75) is 111 Å². The van der Waals surface area contributed by atoms with Gasteiger partial charge in [-0.3, -0.25) is 24.2 Å². The highest BCUT2D eigenvalue weighted by Crippen LogP contribution is 2.22. The Labute approximate surface area is 238 Å². The quantitative estimate of drug-likeness (QED) is 0.180. The van der Waals surface area contributed by atoms with Gasteiger partial charge in [0, 0.05) is 18.9 Å². The minimum absolute atomic E-state index is 0.0591. The molecule has 1 aliphatic heterocycles. The van der Waals surface area contributed by atoms with Gasteiger partial charge in [0.25, 0.3) is 0 Å². The largest absolute Gasteiger partial charge is 0.458 e. The number of unbranched alkanes of at least 4 members (excludes halogenated alkanes) is 2. The van der Waals surface area contributed by atoms with Gasteiger partial charge in [-0.25, -0.2) is 15.7 Å². The minimum atomic E-state index is -0.849. The molecule has 1 aromatic carbocycles. The van der Waals surface area contributed by atoms with Crippen molar-refractivity contribution in [1.82, 2.24) is 21.2 Å². The van der Waals surface area contributed by atoms with Crippen LogP contribution in [0.5, 0.6) is 0 Å². The van der Waals surface area contributed by atoms with E-state index in [-0.39, 0.29) is 24.9 Å². The predicted octanol–water partition coefficient (Wildman–Crippen LogP) is 3.80. The fraction of sp³-hybridized carbons (Fsp3) is 0.667. The SMILES string of the molecule is CCCCC[C@H](CC(=O)NOCc1ccccc1)C(=O)N1NCCC[C@H]1C(=O)N[C@H](C(=O)OC(C)(C)C)C(C)C. The molecule has 0 aliphatic carbocycles. The van der Waals surface area contributed by atoms with Gasteiger partial charge in [-0.1, -0.05) is 70.4 Å². The van der Waals surface area contributed by atoms with E-state index in [9.17, 15) is 19.2 Å². The lowest BCUT2D eigenvalue weighted by atomic mass is 9.94. The topological polar surface area (TPSA) is 126 Å². The van der Waals surface area contributed by atoms with Crippen molar-refractivity contribution in [3.05, 3.63) is 35.9 Å². The van der Waals surface area contributed by atoms with Crippen LogP contribution in [0.1, 0.15) is 92.1 Å². The van der Waals surface area contributed by atoms with Crippen molar-refractivity contribution in [2.24, 2.45) is 11.8 Å². The Morgan fingerprint density at radius 1 is 1.10 bits per heavy atom. The van der Waals surface area contributed by atoms with Gasteiger partial charge in [-0.2, -0.15) is 0 Å². The second kappa shape index (κ2) is 16.3. The van der Waals surface area contributed by atoms with Crippen LogP contribution in [-0.2, 0) is 35.4 Å². The number of esters is 1. The number of amides is 3. The predicted molar refractivity (Wildman–Crippen MR) is 152 cm³/mol. The molecule has 0 aromatic heterocycles. The summed E-state index contributed by atoms with van der Waals surface area (Å²) in [7, 11) is 0. The lowest BCUT2D eigenvalue weighted by Crippen LogP contribution is -2.62. The number of ether oxygens (including phenoxy) is 1. The maximum Gasteiger partial charge on any atom is 0.329 e. The molecule has 3 N–H and O–H groups in total. The Hall–Kier alpha value is -2.98. The van der Waals surface area contributed by atoms with Crippen LogP contribution in [0.25, 0.3) is 0 Å². The number of carbonyl (C=O) groups is 4. The van der Waals surface area contributed by atoms with Crippen molar-refractivity contribution in [3.8, 4) is 0 Å². The number of hydroxylamine groups is 1. The molecule has 1 heterocycles. The lowest BCUT2D eigenvalue weighted by molar-refractivity contribution is -0.161. The maximum absolute atomic E-state index is 13.8. The van der Waals surface area contributed by atoms with Crippen LogP contribution in [0.2, 0.25) is 0 Å². The summed E-state index contributed by atoms with van der Waals surface area (Å²) in [5, 5.41) is 4.18. The van der Waals surface area contributed by atoms with Crippen molar-refractivity contribution < 1.29 is 28.8 Å². The summed E-state index contributed by atoms with van der Waals surface area (Å²) in [6, 6.07) is 7.80. The summed E-state index contributed by atoms with van der Waals surface area (Å²) in [6.07, 6.45) is 4.27. The first-order chi connectivity index (χ1) is 18.9. The molecule has 3 amide bonds. The summed E-state index contributed by atoms with van der Waals surface area (Å²) in [5.41, 5.74) is 5.74. The molecule has 0 spiro atoms. The van der Waals surface area contributed by atoms with Crippen LogP contribution in [0, 0.1) is 11.8 Å². The summed E-state index contributed by atoms with van der Waals surface area (Å²) >= 11 is 0. The third-order valence-electron chi connectivity index (χ3n) is 6.62. The number of hydrogen-bond donors (Lipinski definition) is 3. The Morgan fingerprint density at radius 3 is 2.42 bits per heavy atom. The monoisotopic (exact) mass is 560 g/mol. The summed E-state index contributed by atoms with van der Waals surface area (Å²) in [6.45, 7) is 11.8. The Balaban J connectivity index is 2.09. The molecule has 0 saturated carbocycles. The molecule has 1 aromatic rings. The lowest BCUT2D eigenvalue weighted by Gasteiger charge is -2.38. The van der Waals surface area contributed by atoms with Crippen molar-refractivity contribution in [1.29, 1.82) is 0 Å². The van der Waals surface area contributed by atoms with Crippen LogP contribution in [0.3, 0.4) is 0 Å². The van der Waals surface area contributed by atoms with E-state index < -0.39 is 41.4 Å². The van der Waals surface area contributed by atoms with Crippen LogP contribution >= 0.6 is 0 Å². The summed E-state index contributed by atoms with van der Waals surface area (Å²) in [5.74, 6) is -2.48. The van der Waals surface area contributed by atoms with E-state index in [2.05, 4.69) is 23.1 Å². The van der Waals surface area contributed by atoms with E-state index in [0.29, 0.717) is 25.8 Å². The van der Waals surface area contributed by atoms with E-state index >= 15 is 0 Å². The highest BCUT2D eigenvalue weighted by Gasteiger charge is 2.39. The van der Waals surface area contributed by atoms with Gasteiger partial charge in [0.2, 0.25) is 17.7 Å². The number of rotatable bonds is 14. The third kappa shape index (κ3) is 11.3. The Bertz CT molecular complexity index is 963. The first-order valence-electron chi connectivity index (χ1n) is 14.5. The van der Waals surface area contributed by atoms with Crippen LogP contribution in [0.15, 0.2) is 30.3 Å². The second-order valence-corrected chi connectivity index (χ2v) is 11.7. The molecule has 10 nitrogen and oxygen atoms in total. The molecule has 40 heavy (non-hydrogen) atoms. The highest BCUT2D eigenvalue weighted by molar-refractivity contribution is 5.92. The van der Waals surface area contributed by atoms with Gasteiger partial charge >= 0.3 is 5.97 Å². The summed E-state index contributed by atoms with van der Waals surface area (Å²) < 4.78 is 5.51. The molecule has 224 valence electrons. The number of hydrogen-bond acceptors (Lipinski definition) is 7. The van der Waals surface area contributed by atoms with Gasteiger partial charge < -0.3 is 10.1 Å². The molecule has 1 fully saturated rings. The van der Waals surface area contributed by atoms with Gasteiger partial charge in [-0.15, -0.1) is 0 Å². The van der Waals surface area contributed by atoms with Crippen molar-refractivity contribution >= 4 is 23.7 Å². The average molecular weight is 561 g/mol. The number of nitrogens with one attached hydrogen (secondary N) is 3. The summed E-state index contributed by atoms with van der Waals surface area (Å²) in [4.78, 5) is 58.1. The van der Waals surface area contributed by atoms with Crippen molar-refractivity contribution in [3.63, 3.8) is 0 Å². The van der Waals surface area contributed by atoms with E-state index in [1.54, 1.807) is 20.8 Å². The second-order valence-electron chi connectivity index (χ2n) is 11.7. The molecule has 0 unspecified atom stereocenters. The molecular formula is C30H48N4O6. The molecular weight excluding hydrogens is 512 g/mol. The Kier molecular flexibility index (Phi) is 13.6. The normalized spacial score (nSPS) is 17.2. The first-order valence-corrected chi connectivity index (χ1v) is 14.5. The van der Waals surface area contributed by atoms with Gasteiger partial charge in [0.1, 0.15) is 17.7 Å². The fourth-order valence-electron chi connectivity index (χ4n) is 4.52. The van der Waals surface area contributed by atoms with Crippen LogP contribution in [0.4, 0.5) is 0 Å². The zero-order chi connectivity index (χ0) is 29.7. The minimum Gasteiger partial charge on any atom is -0.458 e. The van der Waals surface area contributed by atoms with E-state index in [0.717, 1.165) is 24.8 Å². The van der Waals surface area contributed by atoms with E-state index in [1.165, 1.54) is 5.01 Å². The molecule has 0 radical (unpaired) electrons. The zero-order valence-electron chi connectivity index (χ0n) is 25.0. The van der Waals surface area contributed by atoms with Gasteiger partial charge in [-0.05, 0) is 51.5 Å². The van der Waals surface area contributed by atoms with Crippen LogP contribution < -0.4 is 16.2 Å². The number of hydrazine groups is 1. The highest BCUT2D eigenvalue weighted by atomic mass is 16.6. The molecule has 3 atom stereocenters. The molecule has 1 aliphatic rings. The number of benzene rings is 1. The average Bonchev–Trinajstić information content (AvgIpc) is 2.90. The Morgan fingerprint density at radius 2 is 1.80 bits per heavy atom. The standard InChI is InChI=1S/C30H48N4O6/c1-7-8-10-16-23(19-25(35)33-39-20-22-14-11-9-12-15-22)28(37)34-24(17-13-18-31-34)27(36)32-26(21(2)3)29(38)40-30(4,5)6/h9,11-12,14-15,21,23-24,26,31H,7-8,10,13,16-20H2,1-6H3,(H,32,36)(H,33,35)/t23-,24+,26+/m1/s1. The fourth-order valence-corrected chi connectivity index (χ4v) is 4.52. The number of nitrogens with zero attached hydrogens (tertiary/aromatic N) is 1.